The molecule has 4 amide bonds. The molecule has 2 heterocycles. The fourth-order valence-corrected chi connectivity index (χ4v) is 6.29. The lowest BCUT2D eigenvalue weighted by Gasteiger charge is -2.44. The van der Waals surface area contributed by atoms with Crippen LogP contribution < -0.4 is 9.80 Å². The molecule has 2 bridgehead atoms. The van der Waals surface area contributed by atoms with E-state index < -0.39 is 71.1 Å². The minimum absolute atomic E-state index is 0.0782. The first-order valence-corrected chi connectivity index (χ1v) is 11.3. The SMILES string of the molecule is O=C(O)c1cccc(N2C(=O)[C@@H]3C4C=CC([C@@H]3C2=O)[C@@H]2C(=O)N(c3cccc(C(=O)O)c3)C(=O)[C@H]42)c1. The lowest BCUT2D eigenvalue weighted by Crippen LogP contribution is -2.50. The van der Waals surface area contributed by atoms with Gasteiger partial charge in [-0.25, -0.2) is 19.4 Å². The Morgan fingerprint density at radius 1 is 0.583 bits per heavy atom. The topological polar surface area (TPSA) is 149 Å². The Morgan fingerprint density at radius 3 is 1.22 bits per heavy atom. The van der Waals surface area contributed by atoms with E-state index in [-0.39, 0.29) is 22.5 Å². The van der Waals surface area contributed by atoms with Crippen molar-refractivity contribution in [2.24, 2.45) is 35.5 Å². The van der Waals surface area contributed by atoms with E-state index in [1.807, 2.05) is 0 Å². The largest absolute Gasteiger partial charge is 0.478 e. The zero-order valence-corrected chi connectivity index (χ0v) is 18.5. The van der Waals surface area contributed by atoms with Crippen LogP contribution in [0.1, 0.15) is 20.7 Å². The maximum atomic E-state index is 13.5. The first kappa shape index (κ1) is 21.9. The number of amides is 4. The number of carboxylic acid groups (broad SMARTS) is 2. The molecule has 3 fully saturated rings. The third kappa shape index (κ3) is 2.78. The van der Waals surface area contributed by atoms with Crippen molar-refractivity contribution < 1.29 is 39.0 Å². The summed E-state index contributed by atoms with van der Waals surface area (Å²) in [4.78, 5) is 78.8. The highest BCUT2D eigenvalue weighted by Crippen LogP contribution is 2.58. The number of carboxylic acids is 2. The van der Waals surface area contributed by atoms with Gasteiger partial charge in [0.15, 0.2) is 0 Å². The highest BCUT2D eigenvalue weighted by Gasteiger charge is 2.68. The number of aromatic carboxylic acids is 2. The summed E-state index contributed by atoms with van der Waals surface area (Å²) in [7, 11) is 0. The summed E-state index contributed by atoms with van der Waals surface area (Å²) < 4.78 is 0. The van der Waals surface area contributed by atoms with Crippen LogP contribution >= 0.6 is 0 Å². The average Bonchev–Trinajstić information content (AvgIpc) is 3.31. The van der Waals surface area contributed by atoms with Crippen LogP contribution in [0.2, 0.25) is 0 Å². The second-order valence-corrected chi connectivity index (χ2v) is 9.38. The molecule has 5 aliphatic rings. The zero-order chi connectivity index (χ0) is 25.5. The van der Waals surface area contributed by atoms with E-state index in [9.17, 15) is 39.0 Å². The van der Waals surface area contributed by atoms with Gasteiger partial charge < -0.3 is 10.2 Å². The van der Waals surface area contributed by atoms with Crippen molar-refractivity contribution in [2.75, 3.05) is 9.80 Å². The summed E-state index contributed by atoms with van der Waals surface area (Å²) >= 11 is 0. The van der Waals surface area contributed by atoms with Gasteiger partial charge in [-0.15, -0.1) is 0 Å². The lowest BCUT2D eigenvalue weighted by atomic mass is 9.54. The first-order chi connectivity index (χ1) is 17.2. The Labute approximate surface area is 203 Å². The molecule has 2 aliphatic heterocycles. The van der Waals surface area contributed by atoms with Gasteiger partial charge in [-0.1, -0.05) is 24.3 Å². The van der Waals surface area contributed by atoms with Crippen LogP contribution in [0.25, 0.3) is 0 Å². The number of allylic oxidation sites excluding steroid dienone is 2. The molecule has 2 aromatic rings. The molecular weight excluding hydrogens is 468 g/mol. The maximum Gasteiger partial charge on any atom is 0.335 e. The second kappa shape index (κ2) is 7.45. The van der Waals surface area contributed by atoms with E-state index in [0.29, 0.717) is 0 Å². The summed E-state index contributed by atoms with van der Waals surface area (Å²) in [5.74, 6) is -9.35. The minimum Gasteiger partial charge on any atom is -0.478 e. The molecule has 2 aromatic carbocycles. The van der Waals surface area contributed by atoms with Crippen molar-refractivity contribution in [3.05, 3.63) is 71.8 Å². The van der Waals surface area contributed by atoms with E-state index in [1.54, 1.807) is 12.2 Å². The molecule has 0 radical (unpaired) electrons. The fraction of sp³-hybridized carbons (Fsp3) is 0.231. The molecule has 0 aromatic heterocycles. The third-order valence-corrected chi connectivity index (χ3v) is 7.71. The first-order valence-electron chi connectivity index (χ1n) is 11.3. The van der Waals surface area contributed by atoms with Gasteiger partial charge >= 0.3 is 11.9 Å². The predicted molar refractivity (Wildman–Crippen MR) is 122 cm³/mol. The average molecular weight is 486 g/mol. The van der Waals surface area contributed by atoms with Crippen LogP contribution in [0.4, 0.5) is 11.4 Å². The quantitative estimate of drug-likeness (QED) is 0.491. The molecule has 0 spiro atoms. The van der Waals surface area contributed by atoms with E-state index in [2.05, 4.69) is 0 Å². The number of benzene rings is 2. The summed E-state index contributed by atoms with van der Waals surface area (Å²) in [6, 6.07) is 11.0. The Morgan fingerprint density at radius 2 is 0.917 bits per heavy atom. The van der Waals surface area contributed by atoms with Gasteiger partial charge in [0, 0.05) is 11.8 Å². The third-order valence-electron chi connectivity index (χ3n) is 7.71. The van der Waals surface area contributed by atoms with E-state index in [4.69, 9.17) is 0 Å². The number of carbonyl (C=O) groups is 6. The van der Waals surface area contributed by atoms with Crippen molar-refractivity contribution in [1.82, 2.24) is 0 Å². The minimum atomic E-state index is -1.20. The lowest BCUT2D eigenvalue weighted by molar-refractivity contribution is -0.137. The van der Waals surface area contributed by atoms with Gasteiger partial charge in [0.2, 0.25) is 23.6 Å². The maximum absolute atomic E-state index is 13.5. The number of hydrogen-bond donors (Lipinski definition) is 2. The van der Waals surface area contributed by atoms with Gasteiger partial charge in [0.1, 0.15) is 0 Å². The van der Waals surface area contributed by atoms with Crippen LogP contribution in [-0.2, 0) is 19.2 Å². The molecular formula is C26H18N2O8. The number of imide groups is 2. The zero-order valence-electron chi connectivity index (χ0n) is 18.5. The number of carbonyl (C=O) groups excluding carboxylic acids is 4. The highest BCUT2D eigenvalue weighted by molar-refractivity contribution is 6.26. The van der Waals surface area contributed by atoms with E-state index >= 15 is 0 Å². The number of hydrogen-bond acceptors (Lipinski definition) is 6. The van der Waals surface area contributed by atoms with Crippen LogP contribution in [0.15, 0.2) is 60.7 Å². The van der Waals surface area contributed by atoms with Crippen molar-refractivity contribution in [3.8, 4) is 0 Å². The van der Waals surface area contributed by atoms with Gasteiger partial charge in [-0.05, 0) is 36.4 Å². The van der Waals surface area contributed by atoms with Crippen LogP contribution in [-0.4, -0.2) is 45.8 Å². The summed E-state index contributed by atoms with van der Waals surface area (Å²) in [5.41, 5.74) is 0.110. The van der Waals surface area contributed by atoms with E-state index in [1.165, 1.54) is 48.5 Å². The monoisotopic (exact) mass is 486 g/mol. The Kier molecular flexibility index (Phi) is 4.53. The molecule has 2 saturated heterocycles. The normalized spacial score (nSPS) is 30.1. The number of nitrogens with zero attached hydrogens (tertiary/aromatic N) is 2. The van der Waals surface area contributed by atoms with Gasteiger partial charge in [-0.3, -0.25) is 19.2 Å². The van der Waals surface area contributed by atoms with Gasteiger partial charge in [0.05, 0.1) is 46.2 Å². The van der Waals surface area contributed by atoms with E-state index in [0.717, 1.165) is 9.80 Å². The van der Waals surface area contributed by atoms with Crippen LogP contribution in [0.5, 0.6) is 0 Å². The summed E-state index contributed by atoms with van der Waals surface area (Å²) in [5, 5.41) is 18.6. The fourth-order valence-electron chi connectivity index (χ4n) is 6.29. The molecule has 0 unspecified atom stereocenters. The number of anilines is 2. The Balaban J connectivity index is 1.38. The standard InChI is InChI=1S/C26H18N2O8/c29-21-17-15-7-8-16(18(17)22(30)27(21)13-5-1-3-11(9-13)25(33)34)20-19(15)23(31)28(24(20)32)14-6-2-4-12(10-14)26(35)36/h1-10,15-20H,(H,33,34)(H,35,36)/t15?,16?,17-,18+,19-,20+. The Bertz CT molecular complexity index is 1290. The molecule has 10 heteroatoms. The highest BCUT2D eigenvalue weighted by atomic mass is 16.4. The molecule has 7 rings (SSSR count). The molecule has 2 N–H and O–H groups in total. The van der Waals surface area contributed by atoms with Crippen molar-refractivity contribution in [3.63, 3.8) is 0 Å². The van der Waals surface area contributed by atoms with Crippen molar-refractivity contribution in [2.45, 2.75) is 0 Å². The smallest absolute Gasteiger partial charge is 0.335 e. The molecule has 1 saturated carbocycles. The molecule has 3 aliphatic carbocycles. The van der Waals surface area contributed by atoms with Crippen molar-refractivity contribution in [1.29, 1.82) is 0 Å². The van der Waals surface area contributed by atoms with Crippen LogP contribution in [0.3, 0.4) is 0 Å². The Hall–Kier alpha value is -4.60. The molecule has 10 nitrogen and oxygen atoms in total. The molecule has 36 heavy (non-hydrogen) atoms. The molecule has 180 valence electrons. The summed E-state index contributed by atoms with van der Waals surface area (Å²) in [6.45, 7) is 0. The van der Waals surface area contributed by atoms with Gasteiger partial charge in [-0.2, -0.15) is 0 Å². The molecule has 4 atom stereocenters. The second-order valence-electron chi connectivity index (χ2n) is 9.38. The number of rotatable bonds is 4. The van der Waals surface area contributed by atoms with Crippen molar-refractivity contribution >= 4 is 46.9 Å². The summed E-state index contributed by atoms with van der Waals surface area (Å²) in [6.07, 6.45) is 3.44. The van der Waals surface area contributed by atoms with Gasteiger partial charge in [0.25, 0.3) is 0 Å². The van der Waals surface area contributed by atoms with Crippen LogP contribution in [0, 0.1) is 35.5 Å². The predicted octanol–water partition coefficient (Wildman–Crippen LogP) is 1.81.